The first-order valence-corrected chi connectivity index (χ1v) is 7.64. The van der Waals surface area contributed by atoms with Gasteiger partial charge in [0.2, 0.25) is 11.8 Å². The first-order valence-electron chi connectivity index (χ1n) is 7.64. The van der Waals surface area contributed by atoms with Gasteiger partial charge in [0.1, 0.15) is 6.04 Å². The maximum absolute atomic E-state index is 12.7. The molecule has 1 aliphatic heterocycles. The van der Waals surface area contributed by atoms with Gasteiger partial charge < -0.3 is 15.0 Å². The molecular weight excluding hydrogens is 325 g/mol. The van der Waals surface area contributed by atoms with Crippen LogP contribution in [0.3, 0.4) is 0 Å². The summed E-state index contributed by atoms with van der Waals surface area (Å²) in [4.78, 5) is 26.1. The molecule has 1 atom stereocenters. The highest BCUT2D eigenvalue weighted by molar-refractivity contribution is 5.88. The summed E-state index contributed by atoms with van der Waals surface area (Å²) in [5, 5.41) is 2.43. The van der Waals surface area contributed by atoms with E-state index in [4.69, 9.17) is 4.74 Å². The van der Waals surface area contributed by atoms with Crippen molar-refractivity contribution in [2.24, 2.45) is 0 Å². The summed E-state index contributed by atoms with van der Waals surface area (Å²) in [6, 6.07) is 7.49. The normalized spacial score (nSPS) is 16.5. The van der Waals surface area contributed by atoms with Gasteiger partial charge in [-0.3, -0.25) is 9.59 Å². The van der Waals surface area contributed by atoms with E-state index < -0.39 is 31.0 Å². The highest BCUT2D eigenvalue weighted by Crippen LogP contribution is 2.22. The molecule has 0 aliphatic carbocycles. The molecule has 1 heterocycles. The third-order valence-corrected chi connectivity index (χ3v) is 3.64. The van der Waals surface area contributed by atoms with Crippen molar-refractivity contribution in [1.29, 1.82) is 0 Å². The van der Waals surface area contributed by atoms with Crippen LogP contribution in [0.5, 0.6) is 0 Å². The molecule has 1 aromatic rings. The zero-order valence-corrected chi connectivity index (χ0v) is 13.0. The fraction of sp³-hybridized carbons (Fsp3) is 0.500. The Kier molecular flexibility index (Phi) is 6.19. The summed E-state index contributed by atoms with van der Waals surface area (Å²) in [5.41, 5.74) is 0.536. The zero-order valence-electron chi connectivity index (χ0n) is 13.0. The van der Waals surface area contributed by atoms with Gasteiger partial charge in [-0.25, -0.2) is 0 Å². The van der Waals surface area contributed by atoms with Gasteiger partial charge in [0, 0.05) is 19.5 Å². The maximum Gasteiger partial charge on any atom is 0.389 e. The van der Waals surface area contributed by atoms with Gasteiger partial charge in [-0.05, 0) is 5.56 Å². The van der Waals surface area contributed by atoms with Gasteiger partial charge in [-0.1, -0.05) is 30.3 Å². The Hall–Kier alpha value is -2.09. The number of carbonyl (C=O) groups excluding carboxylic acids is 2. The fourth-order valence-electron chi connectivity index (χ4n) is 2.39. The highest BCUT2D eigenvalue weighted by atomic mass is 19.4. The van der Waals surface area contributed by atoms with E-state index >= 15 is 0 Å². The summed E-state index contributed by atoms with van der Waals surface area (Å²) in [6.07, 6.45) is -6.33. The lowest BCUT2D eigenvalue weighted by atomic mass is 10.0. The number of hydrogen-bond donors (Lipinski definition) is 1. The van der Waals surface area contributed by atoms with Crippen molar-refractivity contribution in [2.45, 2.75) is 25.1 Å². The molecule has 0 unspecified atom stereocenters. The molecule has 1 N–H and O–H groups in total. The molecule has 2 amide bonds. The predicted octanol–water partition coefficient (Wildman–Crippen LogP) is 2.05. The lowest BCUT2D eigenvalue weighted by Gasteiger charge is -2.31. The largest absolute Gasteiger partial charge is 0.389 e. The molecule has 1 aliphatic rings. The second-order valence-electron chi connectivity index (χ2n) is 5.46. The number of hydrogen-bond acceptors (Lipinski definition) is 3. The standard InChI is InChI=1S/C16H19F3N2O3/c17-16(18,19)7-6-13(22)20-14(12-4-2-1-3-5-12)15(23)21-8-10-24-11-9-21/h1-5,14H,6-11H2,(H,20,22)/t14-/m1/s1. The van der Waals surface area contributed by atoms with E-state index in [-0.39, 0.29) is 5.91 Å². The van der Waals surface area contributed by atoms with Crippen LogP contribution >= 0.6 is 0 Å². The zero-order chi connectivity index (χ0) is 17.6. The Morgan fingerprint density at radius 1 is 1.17 bits per heavy atom. The molecule has 132 valence electrons. The fourth-order valence-corrected chi connectivity index (χ4v) is 2.39. The molecule has 1 fully saturated rings. The number of amides is 2. The smallest absolute Gasteiger partial charge is 0.378 e. The van der Waals surface area contributed by atoms with Gasteiger partial charge >= 0.3 is 6.18 Å². The van der Waals surface area contributed by atoms with Crippen molar-refractivity contribution in [3.05, 3.63) is 35.9 Å². The molecule has 8 heteroatoms. The van der Waals surface area contributed by atoms with Crippen molar-refractivity contribution in [3.63, 3.8) is 0 Å². The van der Waals surface area contributed by atoms with E-state index in [1.165, 1.54) is 0 Å². The van der Waals surface area contributed by atoms with Crippen LogP contribution in [0.4, 0.5) is 13.2 Å². The number of carbonyl (C=O) groups is 2. The van der Waals surface area contributed by atoms with Gasteiger partial charge in [-0.15, -0.1) is 0 Å². The second-order valence-corrected chi connectivity index (χ2v) is 5.46. The number of ether oxygens (including phenoxy) is 1. The minimum Gasteiger partial charge on any atom is -0.378 e. The Labute approximate surface area is 137 Å². The summed E-state index contributed by atoms with van der Waals surface area (Å²) < 4.78 is 42.0. The number of alkyl halides is 3. The van der Waals surface area contributed by atoms with Gasteiger partial charge in [0.15, 0.2) is 0 Å². The van der Waals surface area contributed by atoms with Crippen molar-refractivity contribution < 1.29 is 27.5 Å². The van der Waals surface area contributed by atoms with Crippen molar-refractivity contribution in [1.82, 2.24) is 10.2 Å². The van der Waals surface area contributed by atoms with Crippen LogP contribution in [0, 0.1) is 0 Å². The van der Waals surface area contributed by atoms with Crippen LogP contribution < -0.4 is 5.32 Å². The summed E-state index contributed by atoms with van der Waals surface area (Å²) in [6.45, 7) is 1.58. The average Bonchev–Trinajstić information content (AvgIpc) is 2.58. The van der Waals surface area contributed by atoms with Crippen molar-refractivity contribution in [2.75, 3.05) is 26.3 Å². The summed E-state index contributed by atoms with van der Waals surface area (Å²) in [5.74, 6) is -1.15. The van der Waals surface area contributed by atoms with E-state index in [0.29, 0.717) is 31.9 Å². The molecule has 1 saturated heterocycles. The average molecular weight is 344 g/mol. The number of nitrogens with one attached hydrogen (secondary N) is 1. The van der Waals surface area contributed by atoms with Crippen LogP contribution in [0.2, 0.25) is 0 Å². The number of nitrogens with zero attached hydrogens (tertiary/aromatic N) is 1. The molecule has 0 spiro atoms. The first-order chi connectivity index (χ1) is 11.4. The molecule has 0 radical (unpaired) electrons. The minimum atomic E-state index is -4.41. The monoisotopic (exact) mass is 344 g/mol. The quantitative estimate of drug-likeness (QED) is 0.889. The van der Waals surface area contributed by atoms with Crippen molar-refractivity contribution in [3.8, 4) is 0 Å². The summed E-state index contributed by atoms with van der Waals surface area (Å²) >= 11 is 0. The Morgan fingerprint density at radius 3 is 2.38 bits per heavy atom. The van der Waals surface area contributed by atoms with Gasteiger partial charge in [0.25, 0.3) is 0 Å². The van der Waals surface area contributed by atoms with Crippen LogP contribution in [-0.2, 0) is 14.3 Å². The molecule has 5 nitrogen and oxygen atoms in total. The second kappa shape index (κ2) is 8.14. The number of halogens is 3. The number of benzene rings is 1. The molecular formula is C16H19F3N2O3. The Morgan fingerprint density at radius 2 is 1.79 bits per heavy atom. The third kappa shape index (κ3) is 5.52. The minimum absolute atomic E-state index is 0.343. The number of rotatable bonds is 5. The topological polar surface area (TPSA) is 58.6 Å². The predicted molar refractivity (Wildman–Crippen MR) is 80.0 cm³/mol. The first kappa shape index (κ1) is 18.3. The lowest BCUT2D eigenvalue weighted by Crippen LogP contribution is -2.47. The molecule has 24 heavy (non-hydrogen) atoms. The molecule has 0 saturated carbocycles. The Bertz CT molecular complexity index is 557. The van der Waals surface area contributed by atoms with E-state index in [1.807, 2.05) is 0 Å². The lowest BCUT2D eigenvalue weighted by molar-refractivity contribution is -0.146. The van der Waals surface area contributed by atoms with Crippen LogP contribution in [0.25, 0.3) is 0 Å². The molecule has 2 rings (SSSR count). The Balaban J connectivity index is 2.08. The van der Waals surface area contributed by atoms with Gasteiger partial charge in [0.05, 0.1) is 19.6 Å². The van der Waals surface area contributed by atoms with Crippen LogP contribution in [0.15, 0.2) is 30.3 Å². The van der Waals surface area contributed by atoms with Crippen LogP contribution in [-0.4, -0.2) is 49.2 Å². The third-order valence-electron chi connectivity index (χ3n) is 3.64. The molecule has 0 aromatic heterocycles. The highest BCUT2D eigenvalue weighted by Gasteiger charge is 2.31. The van der Waals surface area contributed by atoms with Gasteiger partial charge in [-0.2, -0.15) is 13.2 Å². The van der Waals surface area contributed by atoms with E-state index in [2.05, 4.69) is 5.32 Å². The molecule has 1 aromatic carbocycles. The molecule has 0 bridgehead atoms. The van der Waals surface area contributed by atoms with E-state index in [0.717, 1.165) is 0 Å². The number of morpholine rings is 1. The van der Waals surface area contributed by atoms with Crippen molar-refractivity contribution >= 4 is 11.8 Å². The van der Waals surface area contributed by atoms with Crippen LogP contribution in [0.1, 0.15) is 24.4 Å². The maximum atomic E-state index is 12.7. The SMILES string of the molecule is O=C(CCC(F)(F)F)N[C@@H](C(=O)N1CCOCC1)c1ccccc1. The van der Waals surface area contributed by atoms with E-state index in [1.54, 1.807) is 35.2 Å². The van der Waals surface area contributed by atoms with E-state index in [9.17, 15) is 22.8 Å². The summed E-state index contributed by atoms with van der Waals surface area (Å²) in [7, 11) is 0.